The van der Waals surface area contributed by atoms with Gasteiger partial charge in [0.05, 0.1) is 16.8 Å². The minimum absolute atomic E-state index is 0.171. The number of nitrogens with two attached hydrogens (primary N) is 1. The minimum atomic E-state index is -0.955. The van der Waals surface area contributed by atoms with Gasteiger partial charge in [-0.15, -0.1) is 0 Å². The number of hydrogen-bond donors (Lipinski definition) is 3. The van der Waals surface area contributed by atoms with Gasteiger partial charge in [-0.25, -0.2) is 14.2 Å². The second-order valence-corrected chi connectivity index (χ2v) is 12.9. The van der Waals surface area contributed by atoms with Gasteiger partial charge < -0.3 is 21.1 Å². The molecule has 0 spiro atoms. The predicted octanol–water partition coefficient (Wildman–Crippen LogP) is 5.54. The molecule has 1 saturated heterocycles. The molecule has 2 aliphatic rings. The number of benzene rings is 2. The number of pyridine rings is 1. The second kappa shape index (κ2) is 18.2. The molecule has 4 N–H and O–H groups in total. The van der Waals surface area contributed by atoms with Gasteiger partial charge in [0.25, 0.3) is 5.91 Å². The number of fused-ring (bicyclic) bond motifs is 1. The molecular weight excluding hydrogens is 687 g/mol. The van der Waals surface area contributed by atoms with Gasteiger partial charge in [-0.1, -0.05) is 35.4 Å². The highest BCUT2D eigenvalue weighted by Crippen LogP contribution is 2.34. The van der Waals surface area contributed by atoms with Gasteiger partial charge in [0.2, 0.25) is 6.41 Å². The number of anilines is 2. The number of aliphatic carboxylic acids is 1. The molecule has 2 aromatic carbocycles. The number of aryl methyl sites for hydroxylation is 3. The average molecular weight is 731 g/mol. The van der Waals surface area contributed by atoms with E-state index in [1.807, 2.05) is 45.3 Å². The first-order chi connectivity index (χ1) is 24.8. The Labute approximate surface area is 307 Å². The quantitative estimate of drug-likeness (QED) is 0.165. The first-order valence-electron chi connectivity index (χ1n) is 16.7. The summed E-state index contributed by atoms with van der Waals surface area (Å²) in [4.78, 5) is 46.8. The van der Waals surface area contributed by atoms with Gasteiger partial charge in [-0.3, -0.25) is 24.2 Å². The minimum Gasteiger partial charge on any atom is -0.480 e. The Morgan fingerprint density at radius 1 is 1.12 bits per heavy atom. The summed E-state index contributed by atoms with van der Waals surface area (Å²) >= 11 is 6.42. The topological polar surface area (TPSA) is 159 Å². The SMILES string of the molecule is CN=C(C)C1=C(C)c2cc(NC(=O)c3cc(N4CCN(Cc5cnn(C)c5)CC4C(=O)O)ncc3Cl)ccc2CC1.Cc1ccc(F)cc1.NC=O. The van der Waals surface area contributed by atoms with E-state index in [9.17, 15) is 19.1 Å². The number of rotatable bonds is 7. The maximum atomic E-state index is 13.4. The number of carboxylic acid groups (broad SMARTS) is 1. The van der Waals surface area contributed by atoms with Crippen LogP contribution in [0.3, 0.4) is 0 Å². The number of carbonyl (C=O) groups is 3. The summed E-state index contributed by atoms with van der Waals surface area (Å²) in [6.45, 7) is 8.03. The molecule has 1 aliphatic heterocycles. The largest absolute Gasteiger partial charge is 0.480 e. The fraction of sp³-hybridized carbons (Fsp3) is 0.316. The molecule has 1 unspecified atom stereocenters. The number of aliphatic imine (C=N–C) groups is 1. The number of hydrogen-bond acceptors (Lipinski definition) is 8. The number of halogens is 2. The van der Waals surface area contributed by atoms with Crippen molar-refractivity contribution in [2.24, 2.45) is 17.8 Å². The van der Waals surface area contributed by atoms with Crippen LogP contribution in [-0.4, -0.2) is 81.5 Å². The Hall–Kier alpha value is -5.40. The van der Waals surface area contributed by atoms with Crippen LogP contribution in [-0.2, 0) is 29.6 Å². The van der Waals surface area contributed by atoms with Crippen LogP contribution in [0.5, 0.6) is 0 Å². The van der Waals surface area contributed by atoms with Crippen LogP contribution in [0.15, 0.2) is 77.7 Å². The fourth-order valence-corrected chi connectivity index (χ4v) is 6.38. The van der Waals surface area contributed by atoms with Gasteiger partial charge in [-0.2, -0.15) is 5.10 Å². The van der Waals surface area contributed by atoms with Crippen LogP contribution >= 0.6 is 11.6 Å². The van der Waals surface area contributed by atoms with E-state index in [-0.39, 0.29) is 28.7 Å². The number of allylic oxidation sites excluding steroid dienone is 2. The zero-order valence-electron chi connectivity index (χ0n) is 29.9. The van der Waals surface area contributed by atoms with E-state index >= 15 is 0 Å². The van der Waals surface area contributed by atoms with Crippen molar-refractivity contribution in [1.29, 1.82) is 0 Å². The lowest BCUT2D eigenvalue weighted by molar-refractivity contribution is -0.139. The number of primary amides is 1. The van der Waals surface area contributed by atoms with Gasteiger partial charge in [-0.05, 0) is 86.2 Å². The Balaban J connectivity index is 0.000000474. The molecule has 14 heteroatoms. The molecular formula is C38H44ClFN8O4. The third-order valence-corrected chi connectivity index (χ3v) is 9.25. The summed E-state index contributed by atoms with van der Waals surface area (Å²) in [7, 11) is 3.65. The number of carboxylic acids is 1. The highest BCUT2D eigenvalue weighted by Gasteiger charge is 2.34. The molecule has 1 aliphatic carbocycles. The number of piperazine rings is 1. The van der Waals surface area contributed by atoms with Crippen molar-refractivity contribution in [1.82, 2.24) is 19.7 Å². The fourth-order valence-electron chi connectivity index (χ4n) is 6.19. The average Bonchev–Trinajstić information content (AvgIpc) is 3.54. The number of nitrogens with zero attached hydrogens (tertiary/aromatic N) is 6. The molecule has 1 atom stereocenters. The highest BCUT2D eigenvalue weighted by molar-refractivity contribution is 6.34. The standard InChI is InChI=1S/C30H34ClN7O3.C7H7F.CH3NO/c1-18-23(19(2)32-3)8-6-21-5-7-22(11-24(18)21)35-29(39)25-12-28(33-14-26(25)31)38-10-9-37(17-27(38)30(40)41)16-20-13-34-36(4)15-20;1-6-2-4-7(8)5-3-6;2-1-3/h5,7,11-15,27H,6,8-10,16-17H2,1-4H3,(H,35,39)(H,40,41);2-5H,1H3;1H,(H2,2,3). The highest BCUT2D eigenvalue weighted by atomic mass is 35.5. The number of carbonyl (C=O) groups excluding carboxylic acids is 2. The van der Waals surface area contributed by atoms with Gasteiger partial charge in [0, 0.05) is 69.6 Å². The van der Waals surface area contributed by atoms with E-state index in [0.717, 1.165) is 40.8 Å². The van der Waals surface area contributed by atoms with E-state index in [4.69, 9.17) is 16.4 Å². The van der Waals surface area contributed by atoms with Crippen LogP contribution in [0.2, 0.25) is 5.02 Å². The number of aromatic nitrogens is 3. The van der Waals surface area contributed by atoms with Crippen LogP contribution in [0.4, 0.5) is 15.9 Å². The van der Waals surface area contributed by atoms with Crippen molar-refractivity contribution >= 4 is 52.7 Å². The summed E-state index contributed by atoms with van der Waals surface area (Å²) in [5.74, 6) is -1.11. The summed E-state index contributed by atoms with van der Waals surface area (Å²) in [5.41, 5.74) is 12.9. The first-order valence-corrected chi connectivity index (χ1v) is 17.0. The molecule has 6 rings (SSSR count). The van der Waals surface area contributed by atoms with Crippen molar-refractivity contribution in [2.75, 3.05) is 36.9 Å². The summed E-state index contributed by atoms with van der Waals surface area (Å²) in [6.07, 6.45) is 7.23. The van der Waals surface area contributed by atoms with E-state index in [2.05, 4.69) is 37.9 Å². The van der Waals surface area contributed by atoms with Crippen LogP contribution in [0.1, 0.15) is 52.9 Å². The smallest absolute Gasteiger partial charge is 0.327 e. The Morgan fingerprint density at radius 3 is 2.44 bits per heavy atom. The Kier molecular flexibility index (Phi) is 13.8. The molecule has 3 heterocycles. The molecule has 2 amide bonds. The Bertz CT molecular complexity index is 1940. The molecule has 4 aromatic rings. The van der Waals surface area contributed by atoms with Crippen LogP contribution in [0.25, 0.3) is 5.57 Å². The molecule has 274 valence electrons. The number of nitrogens with one attached hydrogen (secondary N) is 1. The zero-order valence-corrected chi connectivity index (χ0v) is 30.7. The Morgan fingerprint density at radius 2 is 1.83 bits per heavy atom. The third kappa shape index (κ3) is 10.1. The maximum absolute atomic E-state index is 13.4. The lowest BCUT2D eigenvalue weighted by Crippen LogP contribution is -2.56. The van der Waals surface area contributed by atoms with Crippen molar-refractivity contribution in [3.8, 4) is 0 Å². The van der Waals surface area contributed by atoms with Crippen LogP contribution in [0, 0.1) is 12.7 Å². The van der Waals surface area contributed by atoms with Gasteiger partial charge in [0.15, 0.2) is 0 Å². The third-order valence-electron chi connectivity index (χ3n) is 8.95. The van der Waals surface area contributed by atoms with E-state index in [0.29, 0.717) is 37.7 Å². The molecule has 12 nitrogen and oxygen atoms in total. The lowest BCUT2D eigenvalue weighted by atomic mass is 9.84. The van der Waals surface area contributed by atoms with Gasteiger partial charge in [0.1, 0.15) is 17.7 Å². The van der Waals surface area contributed by atoms with E-state index in [1.54, 1.807) is 41.0 Å². The van der Waals surface area contributed by atoms with Gasteiger partial charge >= 0.3 is 5.97 Å². The van der Waals surface area contributed by atoms with Crippen LogP contribution < -0.4 is 16.0 Å². The van der Waals surface area contributed by atoms with Crippen molar-refractivity contribution in [3.63, 3.8) is 0 Å². The maximum Gasteiger partial charge on any atom is 0.327 e. The van der Waals surface area contributed by atoms with Crippen molar-refractivity contribution in [3.05, 3.63) is 111 Å². The van der Waals surface area contributed by atoms with Crippen molar-refractivity contribution < 1.29 is 23.9 Å². The zero-order chi connectivity index (χ0) is 37.9. The lowest BCUT2D eigenvalue weighted by Gasteiger charge is -2.40. The molecule has 0 saturated carbocycles. The normalized spacial score (nSPS) is 15.8. The molecule has 52 heavy (non-hydrogen) atoms. The summed E-state index contributed by atoms with van der Waals surface area (Å²) < 4.78 is 13.8. The second-order valence-electron chi connectivity index (χ2n) is 12.5. The van der Waals surface area contributed by atoms with Crippen molar-refractivity contribution in [2.45, 2.75) is 46.2 Å². The monoisotopic (exact) mass is 730 g/mol. The summed E-state index contributed by atoms with van der Waals surface area (Å²) in [5, 5.41) is 17.4. The predicted molar refractivity (Wildman–Crippen MR) is 202 cm³/mol. The first kappa shape index (κ1) is 39.4. The molecule has 0 bridgehead atoms. The summed E-state index contributed by atoms with van der Waals surface area (Å²) in [6, 6.07) is 13.1. The molecule has 2 aromatic heterocycles. The molecule has 0 radical (unpaired) electrons. The number of amides is 2. The molecule has 1 fully saturated rings. The van der Waals surface area contributed by atoms with E-state index in [1.165, 1.54) is 29.5 Å². The van der Waals surface area contributed by atoms with E-state index < -0.39 is 12.0 Å².